The van der Waals surface area contributed by atoms with Crippen molar-refractivity contribution in [1.29, 1.82) is 0 Å². The number of carbonyl (C=O) groups excluding carboxylic acids is 1. The first-order valence-electron chi connectivity index (χ1n) is 9.73. The smallest absolute Gasteiger partial charge is 0.312 e. The van der Waals surface area contributed by atoms with Gasteiger partial charge < -0.3 is 9.84 Å². The summed E-state index contributed by atoms with van der Waals surface area (Å²) in [7, 11) is 0. The number of esters is 1. The molecule has 2 atom stereocenters. The number of nitrogens with zero attached hydrogens (tertiary/aromatic N) is 2. The molecule has 6 heteroatoms. The molecule has 2 aromatic heterocycles. The Morgan fingerprint density at radius 2 is 2.04 bits per heavy atom. The van der Waals surface area contributed by atoms with Crippen LogP contribution in [0.2, 0.25) is 0 Å². The summed E-state index contributed by atoms with van der Waals surface area (Å²) >= 11 is 0. The van der Waals surface area contributed by atoms with Crippen LogP contribution in [0.15, 0.2) is 29.2 Å². The van der Waals surface area contributed by atoms with Crippen LogP contribution in [0.4, 0.5) is 0 Å². The van der Waals surface area contributed by atoms with Crippen molar-refractivity contribution in [3.05, 3.63) is 46.0 Å². The van der Waals surface area contributed by atoms with Gasteiger partial charge in [-0.1, -0.05) is 6.07 Å². The fraction of sp³-hybridized carbons (Fsp3) is 0.571. The number of aromatic nitrogens is 2. The molecule has 4 aliphatic rings. The standard InChI is InChI=1S/C21H24N2O4/c1-13-2-3-17-22-16(5-18(24)23(17)10-13)11-27-19(25)20-6-14-4-15(7-20)9-21(26,8-14)12-20/h2-3,5,10,14-15,26H,4,6-9,11-12H2,1H3/t14-,15-,20?,21?/m0/s1. The molecule has 0 unspecified atom stereocenters. The largest absolute Gasteiger partial charge is 0.459 e. The second-order valence-electron chi connectivity index (χ2n) is 9.06. The van der Waals surface area contributed by atoms with Crippen LogP contribution in [0, 0.1) is 24.2 Å². The summed E-state index contributed by atoms with van der Waals surface area (Å²) in [5.74, 6) is 0.617. The van der Waals surface area contributed by atoms with Crippen molar-refractivity contribution >= 4 is 11.6 Å². The lowest BCUT2D eigenvalue weighted by Gasteiger charge is -2.58. The van der Waals surface area contributed by atoms with Gasteiger partial charge in [0.05, 0.1) is 16.7 Å². The molecule has 6 rings (SSSR count). The van der Waals surface area contributed by atoms with Gasteiger partial charge in [0.15, 0.2) is 0 Å². The van der Waals surface area contributed by atoms with E-state index in [-0.39, 0.29) is 18.1 Å². The molecule has 0 aliphatic heterocycles. The molecule has 0 aromatic carbocycles. The zero-order valence-electron chi connectivity index (χ0n) is 15.5. The van der Waals surface area contributed by atoms with E-state index in [0.29, 0.717) is 29.6 Å². The molecule has 4 bridgehead atoms. The van der Waals surface area contributed by atoms with Gasteiger partial charge in [0.2, 0.25) is 0 Å². The first-order chi connectivity index (χ1) is 12.8. The maximum Gasteiger partial charge on any atom is 0.312 e. The highest BCUT2D eigenvalue weighted by molar-refractivity contribution is 5.77. The van der Waals surface area contributed by atoms with Gasteiger partial charge in [-0.2, -0.15) is 0 Å². The fourth-order valence-electron chi connectivity index (χ4n) is 6.08. The number of rotatable bonds is 3. The van der Waals surface area contributed by atoms with E-state index in [2.05, 4.69) is 4.98 Å². The Hall–Kier alpha value is -2.21. The van der Waals surface area contributed by atoms with Crippen molar-refractivity contribution in [2.24, 2.45) is 17.3 Å². The lowest BCUT2D eigenvalue weighted by Crippen LogP contribution is -2.58. The highest BCUT2D eigenvalue weighted by Crippen LogP contribution is 2.62. The zero-order valence-corrected chi connectivity index (χ0v) is 15.5. The maximum atomic E-state index is 13.0. The van der Waals surface area contributed by atoms with Crippen LogP contribution >= 0.6 is 0 Å². The minimum Gasteiger partial charge on any atom is -0.459 e. The van der Waals surface area contributed by atoms with Gasteiger partial charge in [-0.05, 0) is 68.9 Å². The van der Waals surface area contributed by atoms with Gasteiger partial charge in [-0.25, -0.2) is 4.98 Å². The Bertz CT molecular complexity index is 981. The summed E-state index contributed by atoms with van der Waals surface area (Å²) in [6, 6.07) is 5.11. The summed E-state index contributed by atoms with van der Waals surface area (Å²) in [4.78, 5) is 29.7. The summed E-state index contributed by atoms with van der Waals surface area (Å²) in [6.45, 7) is 1.91. The van der Waals surface area contributed by atoms with Crippen LogP contribution in [0.5, 0.6) is 0 Å². The molecule has 1 N–H and O–H groups in total. The third-order valence-corrected chi connectivity index (χ3v) is 6.67. The molecule has 4 aliphatic carbocycles. The number of aryl methyl sites for hydroxylation is 1. The Kier molecular flexibility index (Phi) is 3.54. The van der Waals surface area contributed by atoms with Crippen LogP contribution < -0.4 is 5.56 Å². The number of carbonyl (C=O) groups is 1. The van der Waals surface area contributed by atoms with Crippen LogP contribution in [0.1, 0.15) is 49.8 Å². The normalized spacial score (nSPS) is 34.1. The lowest BCUT2D eigenvalue weighted by atomic mass is 9.48. The van der Waals surface area contributed by atoms with Gasteiger partial charge in [0.1, 0.15) is 12.3 Å². The van der Waals surface area contributed by atoms with Crippen molar-refractivity contribution in [2.45, 2.75) is 57.7 Å². The summed E-state index contributed by atoms with van der Waals surface area (Å²) in [6.07, 6.45) is 6.66. The molecule has 4 saturated carbocycles. The van der Waals surface area contributed by atoms with Gasteiger partial charge in [0, 0.05) is 12.3 Å². The molecule has 2 aromatic rings. The molecule has 0 spiro atoms. The van der Waals surface area contributed by atoms with E-state index in [9.17, 15) is 14.7 Å². The third kappa shape index (κ3) is 2.78. The predicted molar refractivity (Wildman–Crippen MR) is 98.1 cm³/mol. The predicted octanol–water partition coefficient (Wildman–Crippen LogP) is 2.38. The summed E-state index contributed by atoms with van der Waals surface area (Å²) < 4.78 is 7.12. The number of hydrogen-bond donors (Lipinski definition) is 1. The molecular formula is C21H24N2O4. The second-order valence-corrected chi connectivity index (χ2v) is 9.06. The van der Waals surface area contributed by atoms with Crippen molar-refractivity contribution in [1.82, 2.24) is 9.38 Å². The first kappa shape index (κ1) is 16.9. The van der Waals surface area contributed by atoms with E-state index in [0.717, 1.165) is 37.7 Å². The Balaban J connectivity index is 1.36. The fourth-order valence-corrected chi connectivity index (χ4v) is 6.08. The Morgan fingerprint density at radius 1 is 1.30 bits per heavy atom. The number of aliphatic hydroxyl groups is 1. The van der Waals surface area contributed by atoms with Crippen molar-refractivity contribution in [3.63, 3.8) is 0 Å². The van der Waals surface area contributed by atoms with Crippen LogP contribution in [-0.2, 0) is 16.1 Å². The molecule has 4 fully saturated rings. The van der Waals surface area contributed by atoms with Crippen LogP contribution in [-0.4, -0.2) is 26.1 Å². The molecule has 0 radical (unpaired) electrons. The highest BCUT2D eigenvalue weighted by Gasteiger charge is 2.60. The molecule has 27 heavy (non-hydrogen) atoms. The van der Waals surface area contributed by atoms with Crippen molar-refractivity contribution < 1.29 is 14.6 Å². The molecule has 0 saturated heterocycles. The van der Waals surface area contributed by atoms with Crippen molar-refractivity contribution in [3.8, 4) is 0 Å². The number of hydrogen-bond acceptors (Lipinski definition) is 5. The minimum absolute atomic E-state index is 0.00599. The van der Waals surface area contributed by atoms with E-state index in [4.69, 9.17) is 4.74 Å². The third-order valence-electron chi connectivity index (χ3n) is 6.67. The van der Waals surface area contributed by atoms with E-state index in [1.807, 2.05) is 13.0 Å². The first-order valence-corrected chi connectivity index (χ1v) is 9.73. The van der Waals surface area contributed by atoms with E-state index in [1.165, 1.54) is 10.5 Å². The minimum atomic E-state index is -0.693. The van der Waals surface area contributed by atoms with Crippen LogP contribution in [0.25, 0.3) is 5.65 Å². The quantitative estimate of drug-likeness (QED) is 0.842. The zero-order chi connectivity index (χ0) is 18.8. The summed E-state index contributed by atoms with van der Waals surface area (Å²) in [5.41, 5.74) is 0.552. The number of fused-ring (bicyclic) bond motifs is 1. The SMILES string of the molecule is Cc1ccc2nc(COC(=O)C34C[C@@H]5C[C@H](CC(O)(C5)C3)C4)cc(=O)n2c1. The van der Waals surface area contributed by atoms with E-state index >= 15 is 0 Å². The Labute approximate surface area is 157 Å². The number of pyridine rings is 1. The molecule has 6 nitrogen and oxygen atoms in total. The van der Waals surface area contributed by atoms with E-state index < -0.39 is 11.0 Å². The van der Waals surface area contributed by atoms with Gasteiger partial charge in [0.25, 0.3) is 5.56 Å². The molecule has 0 amide bonds. The summed E-state index contributed by atoms with van der Waals surface area (Å²) in [5, 5.41) is 10.8. The van der Waals surface area contributed by atoms with Crippen molar-refractivity contribution in [2.75, 3.05) is 0 Å². The van der Waals surface area contributed by atoms with E-state index in [1.54, 1.807) is 12.3 Å². The molecular weight excluding hydrogens is 344 g/mol. The van der Waals surface area contributed by atoms with Gasteiger partial charge in [-0.3, -0.25) is 14.0 Å². The van der Waals surface area contributed by atoms with Gasteiger partial charge >= 0.3 is 5.97 Å². The molecule has 142 valence electrons. The average Bonchev–Trinajstić information content (AvgIpc) is 2.58. The highest BCUT2D eigenvalue weighted by atomic mass is 16.5. The average molecular weight is 368 g/mol. The number of ether oxygens (including phenoxy) is 1. The van der Waals surface area contributed by atoms with Crippen LogP contribution in [0.3, 0.4) is 0 Å². The lowest BCUT2D eigenvalue weighted by molar-refractivity contribution is -0.197. The topological polar surface area (TPSA) is 80.9 Å². The van der Waals surface area contributed by atoms with Gasteiger partial charge in [-0.15, -0.1) is 0 Å². The monoisotopic (exact) mass is 368 g/mol. The second kappa shape index (κ2) is 5.64. The molecule has 2 heterocycles. The maximum absolute atomic E-state index is 13.0. The Morgan fingerprint density at radius 3 is 2.74 bits per heavy atom.